The van der Waals surface area contributed by atoms with Gasteiger partial charge in [-0.3, -0.25) is 0 Å². The summed E-state index contributed by atoms with van der Waals surface area (Å²) in [6.07, 6.45) is 6.81. The molecule has 1 aliphatic heterocycles. The van der Waals surface area contributed by atoms with Gasteiger partial charge in [0.05, 0.1) is 0 Å². The molecule has 2 aliphatic rings. The summed E-state index contributed by atoms with van der Waals surface area (Å²) in [7, 11) is 0. The Morgan fingerprint density at radius 1 is 1.05 bits per heavy atom. The molecule has 1 aliphatic carbocycles. The van der Waals surface area contributed by atoms with Gasteiger partial charge in [-0.25, -0.2) is 0 Å². The molecule has 0 saturated carbocycles. The minimum Gasteiger partial charge on any atom is -0.147 e. The summed E-state index contributed by atoms with van der Waals surface area (Å²) in [6, 6.07) is 10.5. The van der Waals surface area contributed by atoms with Gasteiger partial charge in [-0.15, -0.1) is 37.2 Å². The molecule has 0 fully saturated rings. The third kappa shape index (κ3) is 3.62. The second-order valence-corrected chi connectivity index (χ2v) is 9.24. The molecule has 1 nitrogen and oxygen atoms in total. The maximum atomic E-state index is 3.84. The van der Waals surface area contributed by atoms with Crippen LogP contribution in [0.4, 0.5) is 5.69 Å². The molecule has 107 valence electrons. The number of benzene rings is 1. The van der Waals surface area contributed by atoms with Crippen molar-refractivity contribution in [2.24, 2.45) is 0 Å². The Kier molecular flexibility index (Phi) is 7.83. The van der Waals surface area contributed by atoms with Gasteiger partial charge in [0.2, 0.25) is 0 Å². The van der Waals surface area contributed by atoms with Gasteiger partial charge < -0.3 is 0 Å². The Morgan fingerprint density at radius 2 is 1.65 bits per heavy atom. The van der Waals surface area contributed by atoms with Crippen LogP contribution in [-0.4, -0.2) is 2.16 Å². The molecule has 6 heteroatoms. The first-order valence-corrected chi connectivity index (χ1v) is 7.52. The van der Waals surface area contributed by atoms with E-state index in [2.05, 4.69) is 76.3 Å². The fourth-order valence-electron chi connectivity index (χ4n) is 2.32. The van der Waals surface area contributed by atoms with Crippen molar-refractivity contribution in [3.63, 3.8) is 0 Å². The first-order chi connectivity index (χ1) is 8.08. The topological polar surface area (TPSA) is 3.24 Å². The number of halogens is 4. The summed E-state index contributed by atoms with van der Waals surface area (Å²) in [5, 5.41) is 0. The average molecular weight is 474 g/mol. The number of fused-ring (bicyclic) bond motifs is 1. The number of rotatable bonds is 1. The molecule has 1 aromatic rings. The molecule has 0 spiro atoms. The second-order valence-electron chi connectivity index (χ2n) is 4.36. The molecule has 1 unspecified atom stereocenters. The van der Waals surface area contributed by atoms with Crippen LogP contribution in [0.25, 0.3) is 0 Å². The molecule has 0 bridgehead atoms. The number of allylic oxidation sites excluding steroid dienone is 3. The Labute approximate surface area is 161 Å². The van der Waals surface area contributed by atoms with E-state index in [9.17, 15) is 0 Å². The fraction of sp³-hybridized carbons (Fsp3) is 0.143. The largest absolute Gasteiger partial charge is 0.147 e. The summed E-state index contributed by atoms with van der Waals surface area (Å²) in [5.41, 5.74) is 5.20. The number of para-hydroxylation sites is 1. The van der Waals surface area contributed by atoms with Gasteiger partial charge in [0, 0.05) is 0 Å². The van der Waals surface area contributed by atoms with Crippen molar-refractivity contribution in [2.45, 2.75) is 9.08 Å². The third-order valence-electron chi connectivity index (χ3n) is 2.97. The summed E-state index contributed by atoms with van der Waals surface area (Å²) < 4.78 is -0.0422. The van der Waals surface area contributed by atoms with Crippen LogP contribution in [-0.2, 0) is 24.7 Å². The monoisotopic (exact) mass is 470 g/mol. The first kappa shape index (κ1) is 20.5. The smallest absolute Gasteiger partial charge is 0.147 e. The summed E-state index contributed by atoms with van der Waals surface area (Å²) >= 11 is 5.28. The third-order valence-corrected chi connectivity index (χ3v) is 4.46. The van der Waals surface area contributed by atoms with Gasteiger partial charge >= 0.3 is 126 Å². The van der Waals surface area contributed by atoms with Gasteiger partial charge in [0.25, 0.3) is 0 Å². The molecule has 0 radical (unpaired) electrons. The van der Waals surface area contributed by atoms with E-state index < -0.39 is 0 Å². The maximum absolute atomic E-state index is 3.84. The van der Waals surface area contributed by atoms with Crippen molar-refractivity contribution in [3.8, 4) is 0 Å². The predicted molar refractivity (Wildman–Crippen MR) is 92.2 cm³/mol. The van der Waals surface area contributed by atoms with Gasteiger partial charge in [-0.2, -0.15) is 0 Å². The fourth-order valence-corrected chi connectivity index (χ4v) is 3.96. The first-order valence-electron chi connectivity index (χ1n) is 5.50. The molecule has 1 atom stereocenters. The zero-order valence-corrected chi connectivity index (χ0v) is 17.2. The van der Waals surface area contributed by atoms with E-state index in [1.165, 1.54) is 47.2 Å². The van der Waals surface area contributed by atoms with Crippen LogP contribution < -0.4 is 4.90 Å². The molecule has 1 heterocycles. The second kappa shape index (κ2) is 7.65. The van der Waals surface area contributed by atoms with Crippen LogP contribution in [0.3, 0.4) is 0 Å². The van der Waals surface area contributed by atoms with Crippen molar-refractivity contribution in [2.75, 3.05) is 4.90 Å². The van der Waals surface area contributed by atoms with Gasteiger partial charge in [0.15, 0.2) is 0 Å². The van der Waals surface area contributed by atoms with Crippen LogP contribution in [0, 0.1) is 0 Å². The molecule has 1 aromatic carbocycles. The SMILES string of the molecule is CC1=CC2=C[C](Br)([Zr])N(c3ccccc3)C2=C1.Cl.Cl.Cl. The summed E-state index contributed by atoms with van der Waals surface area (Å²) in [4.78, 5) is 2.37. The Hall–Kier alpha value is 0.473. The zero-order chi connectivity index (χ0) is 12.0. The van der Waals surface area contributed by atoms with Crippen LogP contribution in [0.5, 0.6) is 0 Å². The van der Waals surface area contributed by atoms with Crippen LogP contribution in [0.1, 0.15) is 6.92 Å². The molecule has 3 rings (SSSR count). The molecule has 0 N–H and O–H groups in total. The number of hydrogen-bond acceptors (Lipinski definition) is 1. The van der Waals surface area contributed by atoms with Gasteiger partial charge in [-0.1, -0.05) is 0 Å². The standard InChI is InChI=1S/C14H11BrN.3ClH.Zr/c1-10-7-11-9-14(15)16(13(11)8-10)12-5-3-2-4-6-12;;;;/h2-9H,1H3;3*1H;. The van der Waals surface area contributed by atoms with Crippen LogP contribution in [0.15, 0.2) is 65.4 Å². The molecule has 0 amide bonds. The van der Waals surface area contributed by atoms with E-state index in [4.69, 9.17) is 0 Å². The van der Waals surface area contributed by atoms with Crippen LogP contribution in [0.2, 0.25) is 0 Å². The van der Waals surface area contributed by atoms with Crippen molar-refractivity contribution in [1.29, 1.82) is 0 Å². The van der Waals surface area contributed by atoms with Crippen molar-refractivity contribution in [1.82, 2.24) is 0 Å². The summed E-state index contributed by atoms with van der Waals surface area (Å²) in [6.45, 7) is 2.15. The Morgan fingerprint density at radius 3 is 2.25 bits per heavy atom. The minimum atomic E-state index is -0.0422. The van der Waals surface area contributed by atoms with Crippen molar-refractivity contribution >= 4 is 58.8 Å². The van der Waals surface area contributed by atoms with Gasteiger partial charge in [-0.05, 0) is 0 Å². The van der Waals surface area contributed by atoms with Crippen LogP contribution >= 0.6 is 53.2 Å². The van der Waals surface area contributed by atoms with E-state index in [-0.39, 0.29) is 39.4 Å². The Bertz CT molecular complexity index is 567. The quantitative estimate of drug-likeness (QED) is 0.403. The molecule has 20 heavy (non-hydrogen) atoms. The van der Waals surface area contributed by atoms with Gasteiger partial charge in [0.1, 0.15) is 0 Å². The van der Waals surface area contributed by atoms with E-state index in [1.54, 1.807) is 0 Å². The molecule has 0 saturated heterocycles. The predicted octanol–water partition coefficient (Wildman–Crippen LogP) is 5.14. The van der Waals surface area contributed by atoms with Crippen molar-refractivity contribution in [3.05, 3.63) is 65.4 Å². The summed E-state index contributed by atoms with van der Waals surface area (Å²) in [5.74, 6) is 0. The molecular formula is C14H14BrCl3NZr. The molecule has 0 aromatic heterocycles. The number of nitrogens with zero attached hydrogens (tertiary/aromatic N) is 1. The maximum Gasteiger partial charge on any atom is -0.147 e. The Balaban J connectivity index is 0.00000120. The van der Waals surface area contributed by atoms with E-state index >= 15 is 0 Å². The normalized spacial score (nSPS) is 22.4. The minimum absolute atomic E-state index is 0. The number of hydrogen-bond donors (Lipinski definition) is 0. The number of alkyl halides is 1. The molecular weight excluding hydrogens is 460 g/mol. The number of anilines is 1. The van der Waals surface area contributed by atoms with E-state index in [0.29, 0.717) is 0 Å². The van der Waals surface area contributed by atoms with Crippen molar-refractivity contribution < 1.29 is 24.7 Å². The zero-order valence-electron chi connectivity index (χ0n) is 10.7. The van der Waals surface area contributed by atoms with E-state index in [1.807, 2.05) is 0 Å². The van der Waals surface area contributed by atoms with E-state index in [0.717, 1.165) is 0 Å². The average Bonchev–Trinajstić information content (AvgIpc) is 2.70.